The quantitative estimate of drug-likeness (QED) is 0.574. The fraction of sp³-hybridized carbons (Fsp3) is 0.520. The minimum absolute atomic E-state index is 0.723. The minimum Gasteiger partial charge on any atom is -0.376 e. The highest BCUT2D eigenvalue weighted by Gasteiger charge is 2.43. The van der Waals surface area contributed by atoms with Gasteiger partial charge in [0.2, 0.25) is 5.95 Å². The number of aryl methyl sites for hydroxylation is 1. The van der Waals surface area contributed by atoms with Crippen molar-refractivity contribution in [2.45, 2.75) is 45.6 Å². The van der Waals surface area contributed by atoms with Crippen LogP contribution in [0, 0.1) is 17.8 Å². The largest absolute Gasteiger partial charge is 0.376 e. The van der Waals surface area contributed by atoms with Gasteiger partial charge in [0.1, 0.15) is 0 Å². The molecule has 2 aliphatic rings. The summed E-state index contributed by atoms with van der Waals surface area (Å²) in [6, 6.07) is 8.70. The Morgan fingerprint density at radius 1 is 1.07 bits per heavy atom. The summed E-state index contributed by atoms with van der Waals surface area (Å²) in [6.07, 6.45) is 11.7. The fourth-order valence-corrected chi connectivity index (χ4v) is 4.53. The van der Waals surface area contributed by atoms with Gasteiger partial charge in [-0.25, -0.2) is 9.97 Å². The Balaban J connectivity index is 1.16. The van der Waals surface area contributed by atoms with Crippen molar-refractivity contribution in [3.8, 4) is 0 Å². The molecule has 2 unspecified atom stereocenters. The van der Waals surface area contributed by atoms with Crippen molar-refractivity contribution in [2.24, 2.45) is 17.8 Å². The topological polar surface area (TPSA) is 38.2 Å². The number of aromatic nitrogens is 2. The molecule has 2 atom stereocenters. The molecule has 1 aliphatic carbocycles. The molecule has 0 amide bonds. The number of rotatable bonds is 9. The summed E-state index contributed by atoms with van der Waals surface area (Å²) in [5.41, 5.74) is 3.78. The highest BCUT2D eigenvalue weighted by molar-refractivity contribution is 5.30. The van der Waals surface area contributed by atoms with E-state index in [9.17, 15) is 0 Å². The lowest BCUT2D eigenvalue weighted by Gasteiger charge is -2.32. The number of allylic oxidation sites excluding steroid dienone is 1. The van der Waals surface area contributed by atoms with E-state index < -0.39 is 0 Å². The van der Waals surface area contributed by atoms with Gasteiger partial charge in [0, 0.05) is 25.5 Å². The molecule has 154 valence electrons. The van der Waals surface area contributed by atoms with Crippen LogP contribution < -0.4 is 4.90 Å². The Hall–Kier alpha value is -2.20. The molecule has 2 aromatic rings. The van der Waals surface area contributed by atoms with Crippen LogP contribution in [-0.2, 0) is 24.2 Å². The number of hydrogen-bond acceptors (Lipinski definition) is 4. The van der Waals surface area contributed by atoms with E-state index in [1.54, 1.807) is 0 Å². The van der Waals surface area contributed by atoms with E-state index in [0.717, 1.165) is 62.8 Å². The summed E-state index contributed by atoms with van der Waals surface area (Å²) < 4.78 is 6.03. The average Bonchev–Trinajstić information content (AvgIpc) is 3.55. The molecule has 1 saturated carbocycles. The van der Waals surface area contributed by atoms with Crippen LogP contribution in [0.5, 0.6) is 0 Å². The third-order valence-electron chi connectivity index (χ3n) is 6.51. The first-order valence-corrected chi connectivity index (χ1v) is 11.1. The lowest BCUT2D eigenvalue weighted by molar-refractivity contribution is 0.104. The SMILES string of the molecule is C=CCc1ccc(COCC2CC2C2CCN(c3ncc(CC)cn3)CC2)cc1. The lowest BCUT2D eigenvalue weighted by atomic mass is 9.91. The molecule has 4 nitrogen and oxygen atoms in total. The van der Waals surface area contributed by atoms with Crippen LogP contribution in [0.1, 0.15) is 42.9 Å². The molecule has 4 rings (SSSR count). The van der Waals surface area contributed by atoms with Gasteiger partial charge in [-0.15, -0.1) is 6.58 Å². The van der Waals surface area contributed by atoms with Crippen LogP contribution in [0.25, 0.3) is 0 Å². The maximum atomic E-state index is 6.03. The van der Waals surface area contributed by atoms with E-state index >= 15 is 0 Å². The molecule has 1 aromatic heterocycles. The molecule has 2 fully saturated rings. The molecule has 0 N–H and O–H groups in total. The monoisotopic (exact) mass is 391 g/mol. The van der Waals surface area contributed by atoms with Gasteiger partial charge in [0.25, 0.3) is 0 Å². The smallest absolute Gasteiger partial charge is 0.225 e. The summed E-state index contributed by atoms with van der Waals surface area (Å²) in [5.74, 6) is 3.35. The van der Waals surface area contributed by atoms with Crippen molar-refractivity contribution < 1.29 is 4.74 Å². The first-order valence-electron chi connectivity index (χ1n) is 11.1. The van der Waals surface area contributed by atoms with Gasteiger partial charge < -0.3 is 9.64 Å². The van der Waals surface area contributed by atoms with Crippen molar-refractivity contribution in [3.05, 3.63) is 66.0 Å². The number of piperidine rings is 1. The summed E-state index contributed by atoms with van der Waals surface area (Å²) in [7, 11) is 0. The standard InChI is InChI=1S/C25H33N3O/c1-3-5-20-6-8-21(9-7-20)17-29-18-23-14-24(23)22-10-12-28(13-11-22)25-26-15-19(4-2)16-27-25/h3,6-9,15-16,22-24H,1,4-5,10-14,17-18H2,2H3. The Labute approximate surface area is 175 Å². The molecular formula is C25H33N3O. The highest BCUT2D eigenvalue weighted by Crippen LogP contribution is 2.48. The second-order valence-electron chi connectivity index (χ2n) is 8.55. The minimum atomic E-state index is 0.723. The van der Waals surface area contributed by atoms with Crippen molar-refractivity contribution in [3.63, 3.8) is 0 Å². The Morgan fingerprint density at radius 3 is 2.41 bits per heavy atom. The Kier molecular flexibility index (Phi) is 6.60. The van der Waals surface area contributed by atoms with Gasteiger partial charge >= 0.3 is 0 Å². The molecule has 29 heavy (non-hydrogen) atoms. The molecular weight excluding hydrogens is 358 g/mol. The Morgan fingerprint density at radius 2 is 1.76 bits per heavy atom. The van der Waals surface area contributed by atoms with Gasteiger partial charge in [0.05, 0.1) is 13.2 Å². The molecule has 0 spiro atoms. The zero-order chi connectivity index (χ0) is 20.1. The van der Waals surface area contributed by atoms with Crippen molar-refractivity contribution in [2.75, 3.05) is 24.6 Å². The third kappa shape index (κ3) is 5.24. The van der Waals surface area contributed by atoms with E-state index in [-0.39, 0.29) is 0 Å². The van der Waals surface area contributed by atoms with Gasteiger partial charge in [-0.3, -0.25) is 0 Å². The number of anilines is 1. The van der Waals surface area contributed by atoms with E-state index in [2.05, 4.69) is 52.6 Å². The predicted molar refractivity (Wildman–Crippen MR) is 118 cm³/mol. The zero-order valence-electron chi connectivity index (χ0n) is 17.6. The van der Waals surface area contributed by atoms with Crippen molar-refractivity contribution >= 4 is 5.95 Å². The summed E-state index contributed by atoms with van der Waals surface area (Å²) >= 11 is 0. The summed E-state index contributed by atoms with van der Waals surface area (Å²) in [6.45, 7) is 9.72. The van der Waals surface area contributed by atoms with Gasteiger partial charge in [0.15, 0.2) is 0 Å². The first-order chi connectivity index (χ1) is 14.3. The van der Waals surface area contributed by atoms with Crippen LogP contribution in [0.15, 0.2) is 49.3 Å². The van der Waals surface area contributed by atoms with Crippen molar-refractivity contribution in [1.29, 1.82) is 0 Å². The molecule has 2 heterocycles. The van der Waals surface area contributed by atoms with Gasteiger partial charge in [-0.2, -0.15) is 0 Å². The molecule has 1 aromatic carbocycles. The van der Waals surface area contributed by atoms with E-state index in [4.69, 9.17) is 4.74 Å². The molecule has 4 heteroatoms. The van der Waals surface area contributed by atoms with E-state index in [1.807, 2.05) is 18.5 Å². The predicted octanol–water partition coefficient (Wildman–Crippen LogP) is 4.84. The number of benzene rings is 1. The molecule has 1 saturated heterocycles. The highest BCUT2D eigenvalue weighted by atomic mass is 16.5. The fourth-order valence-electron chi connectivity index (χ4n) is 4.53. The van der Waals surface area contributed by atoms with E-state index in [1.165, 1.54) is 36.0 Å². The third-order valence-corrected chi connectivity index (χ3v) is 6.51. The number of ether oxygens (including phenoxy) is 1. The second kappa shape index (κ2) is 9.53. The Bertz CT molecular complexity index is 779. The number of hydrogen-bond donors (Lipinski definition) is 0. The van der Waals surface area contributed by atoms with Gasteiger partial charge in [-0.05, 0) is 66.5 Å². The maximum Gasteiger partial charge on any atom is 0.225 e. The molecule has 1 aliphatic heterocycles. The molecule has 0 radical (unpaired) electrons. The van der Waals surface area contributed by atoms with Crippen molar-refractivity contribution in [1.82, 2.24) is 9.97 Å². The summed E-state index contributed by atoms with van der Waals surface area (Å²) in [4.78, 5) is 11.4. The first kappa shape index (κ1) is 20.1. The summed E-state index contributed by atoms with van der Waals surface area (Å²) in [5, 5.41) is 0. The molecule has 0 bridgehead atoms. The average molecular weight is 392 g/mol. The van der Waals surface area contributed by atoms with Crippen LogP contribution in [0.2, 0.25) is 0 Å². The normalized spacial score (nSPS) is 21.9. The van der Waals surface area contributed by atoms with Crippen LogP contribution >= 0.6 is 0 Å². The van der Waals surface area contributed by atoms with Crippen LogP contribution in [0.3, 0.4) is 0 Å². The van der Waals surface area contributed by atoms with Gasteiger partial charge in [-0.1, -0.05) is 37.3 Å². The van der Waals surface area contributed by atoms with Crippen LogP contribution in [0.4, 0.5) is 5.95 Å². The van der Waals surface area contributed by atoms with E-state index in [0.29, 0.717) is 0 Å². The maximum absolute atomic E-state index is 6.03. The second-order valence-corrected chi connectivity index (χ2v) is 8.55. The zero-order valence-corrected chi connectivity index (χ0v) is 17.6. The van der Waals surface area contributed by atoms with Crippen LogP contribution in [-0.4, -0.2) is 29.7 Å². The lowest BCUT2D eigenvalue weighted by Crippen LogP contribution is -2.35. The number of nitrogens with zero attached hydrogens (tertiary/aromatic N) is 3.